The van der Waals surface area contributed by atoms with Crippen LogP contribution in [0.15, 0.2) is 39.7 Å². The maximum Gasteiger partial charge on any atom is 0.326 e. The van der Waals surface area contributed by atoms with Crippen LogP contribution >= 0.6 is 0 Å². The van der Waals surface area contributed by atoms with E-state index in [2.05, 4.69) is 9.97 Å². The third-order valence-corrected chi connectivity index (χ3v) is 4.46. The molecule has 1 aliphatic heterocycles. The molecule has 1 N–H and O–H groups in total. The molecule has 8 heteroatoms. The van der Waals surface area contributed by atoms with E-state index in [-0.39, 0.29) is 23.4 Å². The second kappa shape index (κ2) is 5.77. The lowest BCUT2D eigenvalue weighted by Crippen LogP contribution is -2.37. The van der Waals surface area contributed by atoms with Crippen LogP contribution < -0.4 is 10.6 Å². The molecule has 0 radical (unpaired) electrons. The Labute approximate surface area is 135 Å². The number of hydrogen-bond acceptors (Lipinski definition) is 4. The molecule has 4 rings (SSSR count). The number of imidazole rings is 1. The molecule has 0 amide bonds. The van der Waals surface area contributed by atoms with Gasteiger partial charge in [0, 0.05) is 19.1 Å². The molecule has 1 saturated heterocycles. The molecule has 24 heavy (non-hydrogen) atoms. The Morgan fingerprint density at radius 3 is 2.71 bits per heavy atom. The minimum atomic E-state index is -2.63. The van der Waals surface area contributed by atoms with E-state index in [1.807, 2.05) is 29.2 Å². The molecule has 2 aromatic heterocycles. The molecule has 0 bridgehead atoms. The number of alkyl halides is 2. The van der Waals surface area contributed by atoms with E-state index in [0.29, 0.717) is 25.9 Å². The lowest BCUT2D eigenvalue weighted by molar-refractivity contribution is 0.146. The summed E-state index contributed by atoms with van der Waals surface area (Å²) in [5, 5.41) is 0. The van der Waals surface area contributed by atoms with Crippen LogP contribution in [0.3, 0.4) is 0 Å². The topological polar surface area (TPSA) is 67.1 Å². The van der Waals surface area contributed by atoms with Crippen molar-refractivity contribution in [2.45, 2.75) is 25.3 Å². The highest BCUT2D eigenvalue weighted by atomic mass is 19.3. The van der Waals surface area contributed by atoms with Crippen molar-refractivity contribution in [3.63, 3.8) is 0 Å². The van der Waals surface area contributed by atoms with Gasteiger partial charge in [-0.05, 0) is 25.0 Å². The molecular formula is C16H16F2N4O2. The number of H-pyrrole nitrogens is 1. The third kappa shape index (κ3) is 2.47. The van der Waals surface area contributed by atoms with Gasteiger partial charge in [-0.1, -0.05) is 12.1 Å². The first-order valence-corrected chi connectivity index (χ1v) is 7.81. The van der Waals surface area contributed by atoms with Crippen molar-refractivity contribution < 1.29 is 13.2 Å². The number of hydrogen-bond donors (Lipinski definition) is 1. The van der Waals surface area contributed by atoms with E-state index in [4.69, 9.17) is 4.42 Å². The van der Waals surface area contributed by atoms with Crippen molar-refractivity contribution in [3.8, 4) is 0 Å². The normalized spacial score (nSPS) is 16.4. The van der Waals surface area contributed by atoms with Crippen LogP contribution in [0.5, 0.6) is 0 Å². The largest absolute Gasteiger partial charge is 0.432 e. The van der Waals surface area contributed by atoms with Crippen LogP contribution in [0.1, 0.15) is 31.0 Å². The Morgan fingerprint density at radius 2 is 2.00 bits per heavy atom. The summed E-state index contributed by atoms with van der Waals surface area (Å²) in [6.45, 7) is 1.19. The zero-order chi connectivity index (χ0) is 16.7. The van der Waals surface area contributed by atoms with E-state index >= 15 is 0 Å². The summed E-state index contributed by atoms with van der Waals surface area (Å²) in [7, 11) is 0. The highest BCUT2D eigenvalue weighted by molar-refractivity contribution is 5.75. The Bertz CT molecular complexity index is 906. The monoisotopic (exact) mass is 334 g/mol. The van der Waals surface area contributed by atoms with E-state index in [9.17, 15) is 13.6 Å². The second-order valence-corrected chi connectivity index (χ2v) is 5.89. The van der Waals surface area contributed by atoms with Crippen LogP contribution in [0.4, 0.5) is 14.8 Å². The van der Waals surface area contributed by atoms with Gasteiger partial charge in [0.25, 0.3) is 12.4 Å². The van der Waals surface area contributed by atoms with Gasteiger partial charge in [-0.3, -0.25) is 4.57 Å². The summed E-state index contributed by atoms with van der Waals surface area (Å²) in [6, 6.07) is 7.86. The average Bonchev–Trinajstić information content (AvgIpc) is 3.19. The number of halogens is 2. The van der Waals surface area contributed by atoms with Gasteiger partial charge in [0.05, 0.1) is 11.0 Å². The fourth-order valence-corrected chi connectivity index (χ4v) is 3.27. The van der Waals surface area contributed by atoms with Crippen LogP contribution in [-0.4, -0.2) is 27.6 Å². The molecule has 0 spiro atoms. The first kappa shape index (κ1) is 14.9. The van der Waals surface area contributed by atoms with E-state index in [1.165, 1.54) is 0 Å². The number of para-hydroxylation sites is 2. The van der Waals surface area contributed by atoms with Crippen molar-refractivity contribution in [2.24, 2.45) is 0 Å². The van der Waals surface area contributed by atoms with Gasteiger partial charge in [-0.2, -0.15) is 4.98 Å². The van der Waals surface area contributed by atoms with Gasteiger partial charge in [-0.25, -0.2) is 13.6 Å². The molecule has 0 aliphatic carbocycles. The maximum absolute atomic E-state index is 12.6. The number of anilines is 1. The second-order valence-electron chi connectivity index (χ2n) is 5.89. The number of aromatic amines is 1. The summed E-state index contributed by atoms with van der Waals surface area (Å²) in [5.41, 5.74) is 1.24. The van der Waals surface area contributed by atoms with E-state index < -0.39 is 6.43 Å². The van der Waals surface area contributed by atoms with E-state index in [1.54, 1.807) is 4.57 Å². The number of aromatic nitrogens is 3. The zero-order valence-corrected chi connectivity index (χ0v) is 12.8. The first-order chi connectivity index (χ1) is 11.6. The molecule has 1 fully saturated rings. The number of nitrogens with zero attached hydrogens (tertiary/aromatic N) is 3. The summed E-state index contributed by atoms with van der Waals surface area (Å²) in [5.74, 6) is 0. The smallest absolute Gasteiger partial charge is 0.326 e. The summed E-state index contributed by atoms with van der Waals surface area (Å²) < 4.78 is 32.1. The van der Waals surface area contributed by atoms with Gasteiger partial charge >= 0.3 is 5.69 Å². The van der Waals surface area contributed by atoms with Crippen molar-refractivity contribution in [1.82, 2.24) is 14.5 Å². The highest BCUT2D eigenvalue weighted by Gasteiger charge is 2.26. The zero-order valence-electron chi connectivity index (χ0n) is 12.8. The molecular weight excluding hydrogens is 318 g/mol. The lowest BCUT2D eigenvalue weighted by Gasteiger charge is -2.31. The number of oxazole rings is 1. The van der Waals surface area contributed by atoms with Gasteiger partial charge in [0.1, 0.15) is 12.0 Å². The number of fused-ring (bicyclic) bond motifs is 1. The first-order valence-electron chi connectivity index (χ1n) is 7.81. The Hall–Kier alpha value is -2.64. The van der Waals surface area contributed by atoms with Crippen molar-refractivity contribution >= 4 is 17.0 Å². The van der Waals surface area contributed by atoms with Crippen molar-refractivity contribution in [3.05, 3.63) is 46.7 Å². The minimum absolute atomic E-state index is 0.0643. The fraction of sp³-hybridized carbons (Fsp3) is 0.375. The van der Waals surface area contributed by atoms with Crippen molar-refractivity contribution in [1.29, 1.82) is 0 Å². The maximum atomic E-state index is 12.6. The van der Waals surface area contributed by atoms with Crippen LogP contribution in [0, 0.1) is 0 Å². The van der Waals surface area contributed by atoms with Crippen LogP contribution in [-0.2, 0) is 0 Å². The number of rotatable bonds is 3. The SMILES string of the molecule is O=c1[nH]c2ccccc2n1C1CCN(c2nc(C(F)F)co2)CC1. The molecule has 3 heterocycles. The lowest BCUT2D eigenvalue weighted by atomic mass is 10.0. The molecule has 0 saturated carbocycles. The number of benzene rings is 1. The van der Waals surface area contributed by atoms with Gasteiger partial charge in [-0.15, -0.1) is 0 Å². The molecule has 126 valence electrons. The number of nitrogens with one attached hydrogen (secondary N) is 1. The molecule has 0 atom stereocenters. The van der Waals surface area contributed by atoms with Gasteiger partial charge in [0.2, 0.25) is 0 Å². The molecule has 6 nitrogen and oxygen atoms in total. The Kier molecular flexibility index (Phi) is 3.59. The quantitative estimate of drug-likeness (QED) is 0.799. The minimum Gasteiger partial charge on any atom is -0.432 e. The molecule has 1 aliphatic rings. The highest BCUT2D eigenvalue weighted by Crippen LogP contribution is 2.29. The summed E-state index contributed by atoms with van der Waals surface area (Å²) in [6.07, 6.45) is -0.205. The molecule has 3 aromatic rings. The predicted octanol–water partition coefficient (Wildman–Crippen LogP) is 3.10. The Balaban J connectivity index is 1.53. The van der Waals surface area contributed by atoms with Gasteiger partial charge in [0.15, 0.2) is 0 Å². The van der Waals surface area contributed by atoms with Gasteiger partial charge < -0.3 is 14.3 Å². The Morgan fingerprint density at radius 1 is 1.25 bits per heavy atom. The van der Waals surface area contributed by atoms with Crippen LogP contribution in [0.25, 0.3) is 11.0 Å². The van der Waals surface area contributed by atoms with E-state index in [0.717, 1.165) is 17.3 Å². The van der Waals surface area contributed by atoms with Crippen molar-refractivity contribution in [2.75, 3.05) is 18.0 Å². The summed E-state index contributed by atoms with van der Waals surface area (Å²) >= 11 is 0. The third-order valence-electron chi connectivity index (χ3n) is 4.46. The fourth-order valence-electron chi connectivity index (χ4n) is 3.27. The number of piperidine rings is 1. The standard InChI is InChI=1S/C16H16F2N4O2/c17-14(18)12-9-24-16(20-12)21-7-5-10(6-8-21)22-13-4-2-1-3-11(13)19-15(22)23/h1-4,9-10,14H,5-8H2,(H,19,23). The molecule has 0 unspecified atom stereocenters. The van der Waals surface area contributed by atoms with Crippen LogP contribution in [0.2, 0.25) is 0 Å². The summed E-state index contributed by atoms with van der Waals surface area (Å²) in [4.78, 5) is 20.8. The predicted molar refractivity (Wildman–Crippen MR) is 84.5 cm³/mol. The average molecular weight is 334 g/mol. The molecule has 1 aromatic carbocycles.